The first-order valence-corrected chi connectivity index (χ1v) is 6.52. The van der Waals surface area contributed by atoms with Crippen LogP contribution in [0.15, 0.2) is 12.4 Å². The molecule has 1 aromatic heterocycles. The van der Waals surface area contributed by atoms with Gasteiger partial charge in [-0.05, 0) is 12.5 Å². The third-order valence-corrected chi connectivity index (χ3v) is 3.88. The zero-order valence-electron chi connectivity index (χ0n) is 10.8. The maximum atomic E-state index is 6.07. The Morgan fingerprint density at radius 2 is 2.22 bits per heavy atom. The summed E-state index contributed by atoms with van der Waals surface area (Å²) in [6.07, 6.45) is 3.63. The van der Waals surface area contributed by atoms with Crippen LogP contribution in [0.2, 0.25) is 0 Å². The molecule has 0 radical (unpaired) electrons. The molecule has 1 aromatic rings. The minimum absolute atomic E-state index is 0.500. The first-order valence-electron chi connectivity index (χ1n) is 6.52. The Bertz CT molecular complexity index is 417. The number of nitrogens with zero attached hydrogens (tertiary/aromatic N) is 3. The van der Waals surface area contributed by atoms with Gasteiger partial charge in [0, 0.05) is 32.4 Å². The first-order chi connectivity index (χ1) is 8.75. The van der Waals surface area contributed by atoms with Crippen LogP contribution in [0.3, 0.4) is 0 Å². The SMILES string of the molecule is Cc1cncc(N)c1N1CCN2CCOC[C@H]2C1. The monoisotopic (exact) mass is 248 g/mol. The van der Waals surface area contributed by atoms with Crippen LogP contribution in [0.1, 0.15) is 5.56 Å². The van der Waals surface area contributed by atoms with E-state index < -0.39 is 0 Å². The van der Waals surface area contributed by atoms with E-state index in [4.69, 9.17) is 10.5 Å². The molecule has 0 unspecified atom stereocenters. The molecule has 3 heterocycles. The molecule has 0 aliphatic carbocycles. The molecule has 3 rings (SSSR count). The third-order valence-electron chi connectivity index (χ3n) is 3.88. The Balaban J connectivity index is 1.81. The predicted molar refractivity (Wildman–Crippen MR) is 71.8 cm³/mol. The number of piperazine rings is 1. The molecular weight excluding hydrogens is 228 g/mol. The fraction of sp³-hybridized carbons (Fsp3) is 0.615. The minimum Gasteiger partial charge on any atom is -0.396 e. The summed E-state index contributed by atoms with van der Waals surface area (Å²) in [5.41, 5.74) is 9.15. The lowest BCUT2D eigenvalue weighted by molar-refractivity contribution is -0.0116. The lowest BCUT2D eigenvalue weighted by atomic mass is 10.1. The largest absolute Gasteiger partial charge is 0.396 e. The van der Waals surface area contributed by atoms with E-state index in [1.807, 2.05) is 6.20 Å². The van der Waals surface area contributed by atoms with Crippen LogP contribution in [0.25, 0.3) is 0 Å². The number of nitrogens with two attached hydrogens (primary N) is 1. The first kappa shape index (κ1) is 11.7. The van der Waals surface area contributed by atoms with Gasteiger partial charge in [-0.15, -0.1) is 0 Å². The van der Waals surface area contributed by atoms with E-state index in [1.54, 1.807) is 6.20 Å². The van der Waals surface area contributed by atoms with Crippen molar-refractivity contribution in [2.45, 2.75) is 13.0 Å². The lowest BCUT2D eigenvalue weighted by Gasteiger charge is -2.45. The number of pyridine rings is 1. The van der Waals surface area contributed by atoms with Crippen LogP contribution >= 0.6 is 0 Å². The van der Waals surface area contributed by atoms with Crippen molar-refractivity contribution in [2.24, 2.45) is 0 Å². The fourth-order valence-corrected chi connectivity index (χ4v) is 2.96. The summed E-state index contributed by atoms with van der Waals surface area (Å²) in [5.74, 6) is 0. The molecule has 0 bridgehead atoms. The highest BCUT2D eigenvalue weighted by Gasteiger charge is 2.30. The number of morpholine rings is 1. The van der Waals surface area contributed by atoms with Crippen LogP contribution in [-0.4, -0.2) is 55.3 Å². The van der Waals surface area contributed by atoms with Gasteiger partial charge in [0.05, 0.1) is 36.8 Å². The van der Waals surface area contributed by atoms with Crippen LogP contribution in [0.4, 0.5) is 11.4 Å². The van der Waals surface area contributed by atoms with E-state index in [-0.39, 0.29) is 0 Å². The second-order valence-corrected chi connectivity index (χ2v) is 5.10. The highest BCUT2D eigenvalue weighted by molar-refractivity contribution is 5.70. The van der Waals surface area contributed by atoms with Crippen LogP contribution in [0, 0.1) is 6.92 Å². The quantitative estimate of drug-likeness (QED) is 0.784. The summed E-state index contributed by atoms with van der Waals surface area (Å²) in [6, 6.07) is 0.500. The summed E-state index contributed by atoms with van der Waals surface area (Å²) in [7, 11) is 0. The molecule has 18 heavy (non-hydrogen) atoms. The molecule has 0 amide bonds. The second-order valence-electron chi connectivity index (χ2n) is 5.10. The number of aromatic nitrogens is 1. The van der Waals surface area contributed by atoms with Crippen molar-refractivity contribution in [1.82, 2.24) is 9.88 Å². The van der Waals surface area contributed by atoms with E-state index in [2.05, 4.69) is 21.7 Å². The number of hydrogen-bond acceptors (Lipinski definition) is 5. The summed E-state index contributed by atoms with van der Waals surface area (Å²) < 4.78 is 5.57. The summed E-state index contributed by atoms with van der Waals surface area (Å²) >= 11 is 0. The lowest BCUT2D eigenvalue weighted by Crippen LogP contribution is -2.58. The third kappa shape index (κ3) is 2.04. The van der Waals surface area contributed by atoms with Gasteiger partial charge in [0.25, 0.3) is 0 Å². The van der Waals surface area contributed by atoms with Crippen molar-refractivity contribution in [3.63, 3.8) is 0 Å². The van der Waals surface area contributed by atoms with Gasteiger partial charge in [0.1, 0.15) is 0 Å². The Hall–Kier alpha value is -1.33. The van der Waals surface area contributed by atoms with Crippen molar-refractivity contribution < 1.29 is 4.74 Å². The number of nitrogen functional groups attached to an aromatic ring is 1. The molecule has 1 atom stereocenters. The molecule has 2 saturated heterocycles. The van der Waals surface area contributed by atoms with Gasteiger partial charge in [-0.3, -0.25) is 9.88 Å². The minimum atomic E-state index is 0.500. The van der Waals surface area contributed by atoms with E-state index in [1.165, 1.54) is 0 Å². The van der Waals surface area contributed by atoms with Crippen molar-refractivity contribution in [1.29, 1.82) is 0 Å². The second kappa shape index (κ2) is 4.74. The van der Waals surface area contributed by atoms with E-state index in [0.717, 1.165) is 56.3 Å². The van der Waals surface area contributed by atoms with Gasteiger partial charge < -0.3 is 15.4 Å². The molecule has 0 saturated carbocycles. The molecule has 2 N–H and O–H groups in total. The Morgan fingerprint density at radius 3 is 3.06 bits per heavy atom. The van der Waals surface area contributed by atoms with Crippen LogP contribution in [0.5, 0.6) is 0 Å². The molecular formula is C13H20N4O. The Morgan fingerprint density at radius 1 is 1.33 bits per heavy atom. The molecule has 5 heteroatoms. The van der Waals surface area contributed by atoms with E-state index >= 15 is 0 Å². The number of rotatable bonds is 1. The summed E-state index contributed by atoms with van der Waals surface area (Å²) in [6.45, 7) is 7.95. The van der Waals surface area contributed by atoms with E-state index in [0.29, 0.717) is 6.04 Å². The van der Waals surface area contributed by atoms with Gasteiger partial charge in [-0.2, -0.15) is 0 Å². The predicted octanol–water partition coefficient (Wildman–Crippen LogP) is 0.493. The zero-order chi connectivity index (χ0) is 12.5. The van der Waals surface area contributed by atoms with Gasteiger partial charge in [0.2, 0.25) is 0 Å². The van der Waals surface area contributed by atoms with E-state index in [9.17, 15) is 0 Å². The van der Waals surface area contributed by atoms with Gasteiger partial charge in [-0.1, -0.05) is 0 Å². The highest BCUT2D eigenvalue weighted by Crippen LogP contribution is 2.28. The number of aryl methyl sites for hydroxylation is 1. The van der Waals surface area contributed by atoms with Crippen molar-refractivity contribution in [2.75, 3.05) is 50.0 Å². The molecule has 2 fully saturated rings. The summed E-state index contributed by atoms with van der Waals surface area (Å²) in [4.78, 5) is 9.03. The number of anilines is 2. The van der Waals surface area contributed by atoms with Gasteiger partial charge in [0.15, 0.2) is 0 Å². The smallest absolute Gasteiger partial charge is 0.0741 e. The topological polar surface area (TPSA) is 54.6 Å². The molecule has 0 aromatic carbocycles. The average molecular weight is 248 g/mol. The number of hydrogen-bond donors (Lipinski definition) is 1. The maximum absolute atomic E-state index is 6.07. The zero-order valence-corrected chi connectivity index (χ0v) is 10.8. The molecule has 98 valence electrons. The number of fused-ring (bicyclic) bond motifs is 1. The normalized spacial score (nSPS) is 24.9. The Kier molecular flexibility index (Phi) is 3.09. The maximum Gasteiger partial charge on any atom is 0.0741 e. The molecule has 2 aliphatic heterocycles. The summed E-state index contributed by atoms with van der Waals surface area (Å²) in [5, 5.41) is 0. The fourth-order valence-electron chi connectivity index (χ4n) is 2.96. The highest BCUT2D eigenvalue weighted by atomic mass is 16.5. The van der Waals surface area contributed by atoms with Crippen LogP contribution in [-0.2, 0) is 4.74 Å². The molecule has 0 spiro atoms. The standard InChI is InChI=1S/C13H20N4O/c1-10-6-15-7-12(14)13(10)17-3-2-16-4-5-18-9-11(16)8-17/h6-7,11H,2-5,8-9,14H2,1H3/t11-/m1/s1. The van der Waals surface area contributed by atoms with Gasteiger partial charge in [-0.25, -0.2) is 0 Å². The van der Waals surface area contributed by atoms with Crippen molar-refractivity contribution in [3.05, 3.63) is 18.0 Å². The van der Waals surface area contributed by atoms with Crippen LogP contribution < -0.4 is 10.6 Å². The molecule has 2 aliphatic rings. The van der Waals surface area contributed by atoms with Crippen molar-refractivity contribution in [3.8, 4) is 0 Å². The Labute approximate surface area is 108 Å². The van der Waals surface area contributed by atoms with Gasteiger partial charge >= 0.3 is 0 Å². The molecule has 5 nitrogen and oxygen atoms in total. The number of ether oxygens (including phenoxy) is 1. The average Bonchev–Trinajstić information content (AvgIpc) is 2.38. The van der Waals surface area contributed by atoms with Crippen molar-refractivity contribution >= 4 is 11.4 Å².